The molecule has 0 spiro atoms. The van der Waals surface area contributed by atoms with Crippen LogP contribution in [0, 0.1) is 0 Å². The highest BCUT2D eigenvalue weighted by atomic mass is 35.5. The van der Waals surface area contributed by atoms with E-state index in [1.54, 1.807) is 14.2 Å². The van der Waals surface area contributed by atoms with Gasteiger partial charge in [0.25, 0.3) is 0 Å². The van der Waals surface area contributed by atoms with Crippen LogP contribution < -0.4 is 21.9 Å². The van der Waals surface area contributed by atoms with Crippen LogP contribution in [0.3, 0.4) is 0 Å². The van der Waals surface area contributed by atoms with Crippen molar-refractivity contribution < 1.29 is 26.4 Å². The number of hydrogen-bond donors (Lipinski definition) is 0. The number of benzene rings is 1. The average Bonchev–Trinajstić information content (AvgIpc) is 2.25. The molecule has 0 aromatic heterocycles. The maximum absolute atomic E-state index is 5.28. The van der Waals surface area contributed by atoms with E-state index in [0.717, 1.165) is 28.9 Å². The van der Waals surface area contributed by atoms with E-state index in [-0.39, 0.29) is 12.4 Å². The van der Waals surface area contributed by atoms with Crippen LogP contribution >= 0.6 is 0 Å². The third-order valence-corrected chi connectivity index (χ3v) is 2.52. The number of nitrogens with zero attached hydrogens (tertiary/aromatic N) is 1. The van der Waals surface area contributed by atoms with Gasteiger partial charge < -0.3 is 26.4 Å². The highest BCUT2D eigenvalue weighted by Gasteiger charge is 2.09. The zero-order chi connectivity index (χ0) is 12.2. The van der Waals surface area contributed by atoms with Gasteiger partial charge in [-0.3, -0.25) is 0 Å². The molecular formula is C13H22ClNO2. The van der Waals surface area contributed by atoms with Crippen molar-refractivity contribution in [3.8, 4) is 11.5 Å². The topological polar surface area (TPSA) is 18.5 Å². The summed E-state index contributed by atoms with van der Waals surface area (Å²) in [6, 6.07) is 6.11. The minimum Gasteiger partial charge on any atom is -1.00 e. The lowest BCUT2D eigenvalue weighted by atomic mass is 10.1. The molecule has 0 bridgehead atoms. The van der Waals surface area contributed by atoms with Crippen molar-refractivity contribution >= 4 is 0 Å². The number of likely N-dealkylation sites (N-methyl/N-ethyl adjacent to an activating group) is 1. The van der Waals surface area contributed by atoms with Crippen LogP contribution in [0.1, 0.15) is 5.56 Å². The number of methoxy groups -OCH3 is 2. The fourth-order valence-corrected chi connectivity index (χ4v) is 1.50. The summed E-state index contributed by atoms with van der Waals surface area (Å²) in [5.74, 6) is 1.60. The minimum absolute atomic E-state index is 0. The molecule has 17 heavy (non-hydrogen) atoms. The van der Waals surface area contributed by atoms with Gasteiger partial charge >= 0.3 is 0 Å². The number of halogens is 1. The van der Waals surface area contributed by atoms with Crippen molar-refractivity contribution in [2.75, 3.05) is 41.9 Å². The molecular weight excluding hydrogens is 238 g/mol. The molecule has 0 atom stereocenters. The normalized spacial score (nSPS) is 10.6. The first kappa shape index (κ1) is 16.1. The highest BCUT2D eigenvalue weighted by molar-refractivity contribution is 5.42. The van der Waals surface area contributed by atoms with Crippen LogP contribution in [0.2, 0.25) is 0 Å². The molecule has 0 unspecified atom stereocenters. The van der Waals surface area contributed by atoms with E-state index in [9.17, 15) is 0 Å². The minimum atomic E-state index is 0. The second-order valence-corrected chi connectivity index (χ2v) is 4.95. The fraction of sp³-hybridized carbons (Fsp3) is 0.538. The smallest absolute Gasteiger partial charge is 0.160 e. The summed E-state index contributed by atoms with van der Waals surface area (Å²) in [6.45, 7) is 1.11. The van der Waals surface area contributed by atoms with E-state index in [2.05, 4.69) is 33.3 Å². The Bertz CT molecular complexity index is 348. The number of rotatable bonds is 5. The van der Waals surface area contributed by atoms with Crippen molar-refractivity contribution in [1.29, 1.82) is 0 Å². The molecule has 3 nitrogen and oxygen atoms in total. The molecule has 0 aliphatic rings. The van der Waals surface area contributed by atoms with Crippen LogP contribution in [-0.2, 0) is 6.42 Å². The Kier molecular flexibility index (Phi) is 6.35. The number of ether oxygens (including phenoxy) is 2. The Balaban J connectivity index is 0.00000256. The average molecular weight is 260 g/mol. The lowest BCUT2D eigenvalue weighted by molar-refractivity contribution is -0.870. The first-order chi connectivity index (χ1) is 7.46. The molecule has 0 saturated carbocycles. The molecule has 0 saturated heterocycles. The number of quaternary nitrogens is 1. The Labute approximate surface area is 110 Å². The van der Waals surface area contributed by atoms with Gasteiger partial charge in [-0.05, 0) is 17.7 Å². The Morgan fingerprint density at radius 2 is 1.59 bits per heavy atom. The van der Waals surface area contributed by atoms with Crippen molar-refractivity contribution in [1.82, 2.24) is 0 Å². The summed E-state index contributed by atoms with van der Waals surface area (Å²) in [5, 5.41) is 0. The van der Waals surface area contributed by atoms with Gasteiger partial charge in [0.2, 0.25) is 0 Å². The van der Waals surface area contributed by atoms with Crippen LogP contribution in [-0.4, -0.2) is 46.4 Å². The SMILES string of the molecule is COc1ccc(CC[N+](C)(C)C)cc1OC.[Cl-]. The molecule has 0 fully saturated rings. The largest absolute Gasteiger partial charge is 1.00 e. The lowest BCUT2D eigenvalue weighted by Crippen LogP contribution is -3.00. The Morgan fingerprint density at radius 1 is 1.00 bits per heavy atom. The van der Waals surface area contributed by atoms with E-state index >= 15 is 0 Å². The Morgan fingerprint density at radius 3 is 2.06 bits per heavy atom. The summed E-state index contributed by atoms with van der Waals surface area (Å²) >= 11 is 0. The van der Waals surface area contributed by atoms with Gasteiger partial charge in [-0.1, -0.05) is 6.07 Å². The van der Waals surface area contributed by atoms with Crippen molar-refractivity contribution in [3.63, 3.8) is 0 Å². The summed E-state index contributed by atoms with van der Waals surface area (Å²) in [5.41, 5.74) is 1.28. The standard InChI is InChI=1S/C13H22NO2.ClH/c1-14(2,3)9-8-11-6-7-12(15-4)13(10-11)16-5;/h6-7,10H,8-9H2,1-5H3;1H/q+1;/p-1. The zero-order valence-corrected chi connectivity index (χ0v) is 12.0. The molecule has 0 aliphatic carbocycles. The highest BCUT2D eigenvalue weighted by Crippen LogP contribution is 2.27. The van der Waals surface area contributed by atoms with Gasteiger partial charge in [-0.2, -0.15) is 0 Å². The third kappa shape index (κ3) is 5.29. The van der Waals surface area contributed by atoms with Crippen molar-refractivity contribution in [3.05, 3.63) is 23.8 Å². The van der Waals surface area contributed by atoms with Crippen molar-refractivity contribution in [2.45, 2.75) is 6.42 Å². The first-order valence-electron chi connectivity index (χ1n) is 5.47. The zero-order valence-electron chi connectivity index (χ0n) is 11.3. The molecule has 0 N–H and O–H groups in total. The maximum atomic E-state index is 5.28. The van der Waals surface area contributed by atoms with E-state index in [4.69, 9.17) is 9.47 Å². The maximum Gasteiger partial charge on any atom is 0.160 e. The first-order valence-corrected chi connectivity index (χ1v) is 5.47. The quantitative estimate of drug-likeness (QED) is 0.629. The summed E-state index contributed by atoms with van der Waals surface area (Å²) in [6.07, 6.45) is 1.05. The molecule has 0 radical (unpaired) electrons. The molecule has 0 heterocycles. The molecule has 1 aromatic rings. The van der Waals surface area contributed by atoms with Crippen LogP contribution in [0.15, 0.2) is 18.2 Å². The van der Waals surface area contributed by atoms with E-state index in [0.29, 0.717) is 0 Å². The molecule has 0 aliphatic heterocycles. The van der Waals surface area contributed by atoms with Gasteiger partial charge in [0.15, 0.2) is 11.5 Å². The molecule has 0 amide bonds. The van der Waals surface area contributed by atoms with Gasteiger partial charge in [0.1, 0.15) is 0 Å². The van der Waals surface area contributed by atoms with Crippen molar-refractivity contribution in [2.24, 2.45) is 0 Å². The lowest BCUT2D eigenvalue weighted by Gasteiger charge is -2.23. The summed E-state index contributed by atoms with van der Waals surface area (Å²) < 4.78 is 11.5. The van der Waals surface area contributed by atoms with E-state index in [1.165, 1.54) is 5.56 Å². The monoisotopic (exact) mass is 259 g/mol. The van der Waals surface area contributed by atoms with E-state index < -0.39 is 0 Å². The Hall–Kier alpha value is -0.930. The number of hydrogen-bond acceptors (Lipinski definition) is 2. The molecule has 98 valence electrons. The summed E-state index contributed by atoms with van der Waals surface area (Å²) in [7, 11) is 9.91. The molecule has 1 aromatic carbocycles. The fourth-order valence-electron chi connectivity index (χ4n) is 1.50. The van der Waals surface area contributed by atoms with Crippen LogP contribution in [0.25, 0.3) is 0 Å². The van der Waals surface area contributed by atoms with Crippen LogP contribution in [0.4, 0.5) is 0 Å². The predicted octanol–water partition coefficient (Wildman–Crippen LogP) is -1.04. The third-order valence-electron chi connectivity index (χ3n) is 2.52. The van der Waals surface area contributed by atoms with Gasteiger partial charge in [-0.15, -0.1) is 0 Å². The van der Waals surface area contributed by atoms with Gasteiger partial charge in [0.05, 0.1) is 41.9 Å². The van der Waals surface area contributed by atoms with E-state index in [1.807, 2.05) is 6.07 Å². The molecule has 4 heteroatoms. The van der Waals surface area contributed by atoms with Gasteiger partial charge in [-0.25, -0.2) is 0 Å². The predicted molar refractivity (Wildman–Crippen MR) is 66.1 cm³/mol. The second kappa shape index (κ2) is 6.72. The molecule has 1 rings (SSSR count). The second-order valence-electron chi connectivity index (χ2n) is 4.95. The summed E-state index contributed by atoms with van der Waals surface area (Å²) in [4.78, 5) is 0. The van der Waals surface area contributed by atoms with Crippen LogP contribution in [0.5, 0.6) is 11.5 Å². The van der Waals surface area contributed by atoms with Gasteiger partial charge in [0, 0.05) is 6.42 Å².